The molecule has 126 valence electrons. The van der Waals surface area contributed by atoms with E-state index in [4.69, 9.17) is 0 Å². The maximum atomic E-state index is 4.63. The average Bonchev–Trinajstić information content (AvgIpc) is 2.68. The third-order valence-corrected chi connectivity index (χ3v) is 4.89. The van der Waals surface area contributed by atoms with Gasteiger partial charge in [0.1, 0.15) is 0 Å². The monoisotopic (exact) mass is 339 g/mol. The molecule has 0 radical (unpaired) electrons. The van der Waals surface area contributed by atoms with Crippen molar-refractivity contribution in [3.05, 3.63) is 79.1 Å². The second-order valence-electron chi connectivity index (χ2n) is 6.51. The summed E-state index contributed by atoms with van der Waals surface area (Å²) in [6.45, 7) is 1.85. The number of aromatic nitrogens is 4. The van der Waals surface area contributed by atoms with E-state index in [1.807, 2.05) is 36.5 Å². The Bertz CT molecular complexity index is 1060. The summed E-state index contributed by atoms with van der Waals surface area (Å²) in [6.07, 6.45) is 9.07. The molecule has 4 aromatic rings. The molecule has 3 aromatic heterocycles. The maximum absolute atomic E-state index is 4.63. The molecular weight excluding hydrogens is 322 g/mol. The Balaban J connectivity index is 1.40. The molecule has 5 nitrogen and oxygen atoms in total. The summed E-state index contributed by atoms with van der Waals surface area (Å²) >= 11 is 0. The van der Waals surface area contributed by atoms with Crippen LogP contribution in [0.5, 0.6) is 0 Å². The van der Waals surface area contributed by atoms with E-state index < -0.39 is 0 Å². The van der Waals surface area contributed by atoms with Crippen LogP contribution >= 0.6 is 0 Å². The van der Waals surface area contributed by atoms with Crippen molar-refractivity contribution >= 4 is 16.6 Å². The molecular formula is C21H17N5. The summed E-state index contributed by atoms with van der Waals surface area (Å²) in [4.78, 5) is 20.2. The van der Waals surface area contributed by atoms with Crippen LogP contribution in [-0.2, 0) is 0 Å². The van der Waals surface area contributed by atoms with Gasteiger partial charge in [0.15, 0.2) is 0 Å². The minimum atomic E-state index is 0.373. The summed E-state index contributed by atoms with van der Waals surface area (Å²) in [5.41, 5.74) is 5.27. The molecule has 26 heavy (non-hydrogen) atoms. The number of benzene rings is 1. The molecule has 0 bridgehead atoms. The van der Waals surface area contributed by atoms with Crippen LogP contribution < -0.4 is 4.90 Å². The van der Waals surface area contributed by atoms with Gasteiger partial charge in [-0.1, -0.05) is 18.2 Å². The van der Waals surface area contributed by atoms with Crippen LogP contribution in [0.4, 0.5) is 5.69 Å². The Morgan fingerprint density at radius 3 is 2.54 bits per heavy atom. The van der Waals surface area contributed by atoms with E-state index in [1.165, 1.54) is 5.39 Å². The highest BCUT2D eigenvalue weighted by Gasteiger charge is 2.32. The summed E-state index contributed by atoms with van der Waals surface area (Å²) in [6, 6.07) is 14.4. The number of fused-ring (bicyclic) bond motifs is 1. The number of anilines is 1. The SMILES string of the molecule is c1ccc2ncc(N3CC(c4nccnc4-c4ccncc4)C3)cc2c1. The van der Waals surface area contributed by atoms with Crippen LogP contribution in [0.1, 0.15) is 11.6 Å². The van der Waals surface area contributed by atoms with E-state index in [0.717, 1.165) is 41.2 Å². The van der Waals surface area contributed by atoms with Crippen LogP contribution in [0.2, 0.25) is 0 Å². The van der Waals surface area contributed by atoms with Crippen LogP contribution in [0.3, 0.4) is 0 Å². The predicted molar refractivity (Wildman–Crippen MR) is 102 cm³/mol. The number of rotatable bonds is 3. The first kappa shape index (κ1) is 15.0. The lowest BCUT2D eigenvalue weighted by Crippen LogP contribution is -2.45. The third-order valence-electron chi connectivity index (χ3n) is 4.89. The smallest absolute Gasteiger partial charge is 0.0922 e. The van der Waals surface area contributed by atoms with Gasteiger partial charge in [0.25, 0.3) is 0 Å². The van der Waals surface area contributed by atoms with Crippen molar-refractivity contribution in [1.82, 2.24) is 19.9 Å². The standard InChI is InChI=1S/C21H17N5/c1-2-4-19-16(3-1)11-18(12-25-19)26-13-17(14-26)21-20(23-9-10-24-21)15-5-7-22-8-6-15/h1-12,17H,13-14H2. The molecule has 1 aromatic carbocycles. The first-order valence-corrected chi connectivity index (χ1v) is 8.69. The molecule has 1 aliphatic heterocycles. The van der Waals surface area contributed by atoms with Gasteiger partial charge in [0.2, 0.25) is 0 Å². The Morgan fingerprint density at radius 2 is 1.65 bits per heavy atom. The molecule has 0 saturated carbocycles. The minimum absolute atomic E-state index is 0.373. The van der Waals surface area contributed by atoms with Crippen LogP contribution in [0, 0.1) is 0 Å². The van der Waals surface area contributed by atoms with Gasteiger partial charge in [0.05, 0.1) is 28.8 Å². The van der Waals surface area contributed by atoms with Crippen molar-refractivity contribution in [1.29, 1.82) is 0 Å². The number of hydrogen-bond donors (Lipinski definition) is 0. The molecule has 1 saturated heterocycles. The highest BCUT2D eigenvalue weighted by Crippen LogP contribution is 2.35. The lowest BCUT2D eigenvalue weighted by molar-refractivity contribution is 0.513. The van der Waals surface area contributed by atoms with E-state index in [2.05, 4.69) is 37.0 Å². The Hall–Kier alpha value is -3.34. The number of pyridine rings is 2. The molecule has 0 N–H and O–H groups in total. The molecule has 0 amide bonds. The molecule has 1 fully saturated rings. The Morgan fingerprint density at radius 1 is 0.846 bits per heavy atom. The quantitative estimate of drug-likeness (QED) is 0.570. The second kappa shape index (κ2) is 6.19. The average molecular weight is 339 g/mol. The first-order valence-electron chi connectivity index (χ1n) is 8.69. The van der Waals surface area contributed by atoms with Gasteiger partial charge in [-0.15, -0.1) is 0 Å². The third kappa shape index (κ3) is 2.58. The topological polar surface area (TPSA) is 54.8 Å². The van der Waals surface area contributed by atoms with Crippen molar-refractivity contribution in [2.75, 3.05) is 18.0 Å². The molecule has 1 aliphatic rings. The molecule has 0 atom stereocenters. The fourth-order valence-corrected chi connectivity index (χ4v) is 3.47. The lowest BCUT2D eigenvalue weighted by Gasteiger charge is -2.41. The fraction of sp³-hybridized carbons (Fsp3) is 0.143. The molecule has 5 heteroatoms. The second-order valence-corrected chi connectivity index (χ2v) is 6.51. The number of hydrogen-bond acceptors (Lipinski definition) is 5. The summed E-state index contributed by atoms with van der Waals surface area (Å²) in [5.74, 6) is 0.373. The predicted octanol–water partition coefficient (Wildman–Crippen LogP) is 3.69. The fourth-order valence-electron chi connectivity index (χ4n) is 3.47. The van der Waals surface area contributed by atoms with Crippen LogP contribution in [0.25, 0.3) is 22.2 Å². The van der Waals surface area contributed by atoms with Crippen molar-refractivity contribution < 1.29 is 0 Å². The Kier molecular flexibility index (Phi) is 3.56. The summed E-state index contributed by atoms with van der Waals surface area (Å²) in [5, 5.41) is 1.17. The van der Waals surface area contributed by atoms with E-state index >= 15 is 0 Å². The zero-order valence-corrected chi connectivity index (χ0v) is 14.2. The van der Waals surface area contributed by atoms with Gasteiger partial charge >= 0.3 is 0 Å². The molecule has 4 heterocycles. The van der Waals surface area contributed by atoms with Crippen LogP contribution in [-0.4, -0.2) is 33.0 Å². The van der Waals surface area contributed by atoms with E-state index in [9.17, 15) is 0 Å². The van der Waals surface area contributed by atoms with Gasteiger partial charge in [-0.2, -0.15) is 0 Å². The molecule has 0 aliphatic carbocycles. The normalized spacial score (nSPS) is 14.4. The number of para-hydroxylation sites is 1. The van der Waals surface area contributed by atoms with Crippen molar-refractivity contribution in [2.45, 2.75) is 5.92 Å². The summed E-state index contributed by atoms with van der Waals surface area (Å²) < 4.78 is 0. The van der Waals surface area contributed by atoms with Crippen LogP contribution in [0.15, 0.2) is 73.4 Å². The minimum Gasteiger partial charge on any atom is -0.369 e. The van der Waals surface area contributed by atoms with Gasteiger partial charge < -0.3 is 4.90 Å². The van der Waals surface area contributed by atoms with Crippen molar-refractivity contribution in [3.63, 3.8) is 0 Å². The zero-order valence-electron chi connectivity index (χ0n) is 14.2. The van der Waals surface area contributed by atoms with Crippen molar-refractivity contribution in [3.8, 4) is 11.3 Å². The molecule has 0 spiro atoms. The van der Waals surface area contributed by atoms with E-state index in [0.29, 0.717) is 5.92 Å². The van der Waals surface area contributed by atoms with Crippen molar-refractivity contribution in [2.24, 2.45) is 0 Å². The van der Waals surface area contributed by atoms with Gasteiger partial charge in [-0.05, 0) is 24.3 Å². The summed E-state index contributed by atoms with van der Waals surface area (Å²) in [7, 11) is 0. The van der Waals surface area contributed by atoms with Gasteiger partial charge in [0, 0.05) is 54.7 Å². The molecule has 5 rings (SSSR count). The molecule has 0 unspecified atom stereocenters. The zero-order chi connectivity index (χ0) is 17.3. The largest absolute Gasteiger partial charge is 0.369 e. The highest BCUT2D eigenvalue weighted by molar-refractivity contribution is 5.82. The Labute approximate surface area is 151 Å². The van der Waals surface area contributed by atoms with Gasteiger partial charge in [-0.25, -0.2) is 0 Å². The van der Waals surface area contributed by atoms with Gasteiger partial charge in [-0.3, -0.25) is 19.9 Å². The maximum Gasteiger partial charge on any atom is 0.0922 e. The first-order chi connectivity index (χ1) is 12.9. The van der Waals surface area contributed by atoms with E-state index in [-0.39, 0.29) is 0 Å². The number of nitrogens with zero attached hydrogens (tertiary/aromatic N) is 5. The highest BCUT2D eigenvalue weighted by atomic mass is 15.2. The lowest BCUT2D eigenvalue weighted by atomic mass is 9.92. The van der Waals surface area contributed by atoms with E-state index in [1.54, 1.807) is 24.8 Å².